The third-order valence-electron chi connectivity index (χ3n) is 4.65. The SMILES string of the molecule is Cc1ccc(NC(=O)C(=Cc2cccs2)NC(=O)c2ccc(C(C)(C)C)cc2)cc1. The Morgan fingerprint density at radius 1 is 0.933 bits per heavy atom. The molecular weight excluding hydrogens is 392 g/mol. The summed E-state index contributed by atoms with van der Waals surface area (Å²) in [6.07, 6.45) is 1.69. The molecule has 1 heterocycles. The minimum absolute atomic E-state index is 0.00711. The first-order chi connectivity index (χ1) is 14.2. The maximum absolute atomic E-state index is 12.9. The van der Waals surface area contributed by atoms with E-state index < -0.39 is 0 Å². The van der Waals surface area contributed by atoms with Crippen LogP contribution in [0.4, 0.5) is 5.69 Å². The molecule has 3 aromatic rings. The second-order valence-corrected chi connectivity index (χ2v) is 9.15. The Morgan fingerprint density at radius 3 is 2.17 bits per heavy atom. The van der Waals surface area contributed by atoms with Gasteiger partial charge < -0.3 is 10.6 Å². The Morgan fingerprint density at radius 2 is 1.60 bits per heavy atom. The number of thiophene rings is 1. The number of aryl methyl sites for hydroxylation is 1. The summed E-state index contributed by atoms with van der Waals surface area (Å²) in [4.78, 5) is 26.6. The number of rotatable bonds is 5. The second kappa shape index (κ2) is 9.09. The molecule has 0 aliphatic heterocycles. The van der Waals surface area contributed by atoms with Gasteiger partial charge in [-0.25, -0.2) is 0 Å². The van der Waals surface area contributed by atoms with E-state index >= 15 is 0 Å². The summed E-state index contributed by atoms with van der Waals surface area (Å²) in [5, 5.41) is 7.55. The van der Waals surface area contributed by atoms with Crippen molar-refractivity contribution in [2.24, 2.45) is 0 Å². The van der Waals surface area contributed by atoms with Gasteiger partial charge in [-0.15, -0.1) is 11.3 Å². The van der Waals surface area contributed by atoms with Crippen molar-refractivity contribution in [3.05, 3.63) is 93.3 Å². The van der Waals surface area contributed by atoms with Crippen LogP contribution in [0, 0.1) is 6.92 Å². The number of carbonyl (C=O) groups is 2. The number of carbonyl (C=O) groups excluding carboxylic acids is 2. The molecule has 30 heavy (non-hydrogen) atoms. The van der Waals surface area contributed by atoms with Gasteiger partial charge in [0.05, 0.1) is 0 Å². The van der Waals surface area contributed by atoms with Gasteiger partial charge in [-0.05, 0) is 59.7 Å². The molecule has 0 aliphatic carbocycles. The minimum atomic E-state index is -0.369. The predicted octanol–water partition coefficient (Wildman–Crippen LogP) is 5.76. The molecule has 3 rings (SSSR count). The summed E-state index contributed by atoms with van der Waals surface area (Å²) in [5.74, 6) is -0.691. The van der Waals surface area contributed by atoms with Crippen LogP contribution >= 0.6 is 11.3 Å². The second-order valence-electron chi connectivity index (χ2n) is 8.18. The summed E-state index contributed by atoms with van der Waals surface area (Å²) in [6.45, 7) is 8.36. The number of hydrogen-bond donors (Lipinski definition) is 2. The lowest BCUT2D eigenvalue weighted by molar-refractivity contribution is -0.113. The van der Waals surface area contributed by atoms with Crippen LogP contribution in [0.3, 0.4) is 0 Å². The number of benzene rings is 2. The van der Waals surface area contributed by atoms with Crippen LogP contribution < -0.4 is 10.6 Å². The van der Waals surface area contributed by atoms with Crippen LogP contribution in [0.25, 0.3) is 6.08 Å². The average Bonchev–Trinajstić information content (AvgIpc) is 3.22. The summed E-state index contributed by atoms with van der Waals surface area (Å²) in [5.41, 5.74) is 3.63. The molecule has 5 heteroatoms. The topological polar surface area (TPSA) is 58.2 Å². The van der Waals surface area contributed by atoms with E-state index in [1.165, 1.54) is 11.3 Å². The molecule has 1 aromatic heterocycles. The molecule has 0 atom stereocenters. The van der Waals surface area contributed by atoms with Crippen molar-refractivity contribution in [3.63, 3.8) is 0 Å². The molecule has 0 saturated carbocycles. The highest BCUT2D eigenvalue weighted by Gasteiger charge is 2.17. The maximum Gasteiger partial charge on any atom is 0.272 e. The Hall–Kier alpha value is -3.18. The maximum atomic E-state index is 12.9. The van der Waals surface area contributed by atoms with Crippen LogP contribution in [0.15, 0.2) is 71.7 Å². The monoisotopic (exact) mass is 418 g/mol. The molecule has 2 amide bonds. The molecule has 4 nitrogen and oxygen atoms in total. The first-order valence-corrected chi connectivity index (χ1v) is 10.7. The van der Waals surface area contributed by atoms with Gasteiger partial charge >= 0.3 is 0 Å². The predicted molar refractivity (Wildman–Crippen MR) is 125 cm³/mol. The van der Waals surface area contributed by atoms with E-state index in [0.717, 1.165) is 16.0 Å². The van der Waals surface area contributed by atoms with E-state index in [2.05, 4.69) is 31.4 Å². The lowest BCUT2D eigenvalue weighted by Crippen LogP contribution is -2.30. The van der Waals surface area contributed by atoms with Crippen LogP contribution in [-0.2, 0) is 10.2 Å². The van der Waals surface area contributed by atoms with E-state index in [1.807, 2.05) is 60.8 Å². The normalized spacial score (nSPS) is 11.8. The summed E-state index contributed by atoms with van der Waals surface area (Å²) in [6, 6.07) is 18.8. The molecule has 0 bridgehead atoms. The van der Waals surface area contributed by atoms with E-state index in [4.69, 9.17) is 0 Å². The van der Waals surface area contributed by atoms with Gasteiger partial charge in [0.1, 0.15) is 5.70 Å². The zero-order chi connectivity index (χ0) is 21.7. The van der Waals surface area contributed by atoms with Crippen LogP contribution in [-0.4, -0.2) is 11.8 Å². The molecule has 0 spiro atoms. The van der Waals surface area contributed by atoms with Gasteiger partial charge in [0.15, 0.2) is 0 Å². The zero-order valence-corrected chi connectivity index (χ0v) is 18.5. The fourth-order valence-electron chi connectivity index (χ4n) is 2.83. The Bertz CT molecular complexity index is 1040. The standard InChI is InChI=1S/C25H26N2O2S/c1-17-7-13-20(14-8-17)26-24(29)22(16-21-6-5-15-30-21)27-23(28)18-9-11-19(12-10-18)25(2,3)4/h5-16H,1-4H3,(H,26,29)(H,27,28). The van der Waals surface area contributed by atoms with Gasteiger partial charge in [-0.1, -0.05) is 56.7 Å². The Labute approximate surface area is 181 Å². The highest BCUT2D eigenvalue weighted by molar-refractivity contribution is 7.10. The van der Waals surface area contributed by atoms with Crippen molar-refractivity contribution in [2.75, 3.05) is 5.32 Å². The molecule has 154 valence electrons. The van der Waals surface area contributed by atoms with Crippen molar-refractivity contribution < 1.29 is 9.59 Å². The molecule has 0 fully saturated rings. The molecule has 0 saturated heterocycles. The van der Waals surface area contributed by atoms with Gasteiger partial charge in [0, 0.05) is 16.1 Å². The number of hydrogen-bond acceptors (Lipinski definition) is 3. The fraction of sp³-hybridized carbons (Fsp3) is 0.200. The van der Waals surface area contributed by atoms with E-state index in [0.29, 0.717) is 11.3 Å². The zero-order valence-electron chi connectivity index (χ0n) is 17.7. The van der Waals surface area contributed by atoms with Gasteiger partial charge in [-0.2, -0.15) is 0 Å². The van der Waals surface area contributed by atoms with Crippen molar-refractivity contribution in [2.45, 2.75) is 33.1 Å². The first-order valence-electron chi connectivity index (χ1n) is 9.77. The largest absolute Gasteiger partial charge is 0.321 e. The van der Waals surface area contributed by atoms with Crippen molar-refractivity contribution in [1.82, 2.24) is 5.32 Å². The lowest BCUT2D eigenvalue weighted by Gasteiger charge is -2.19. The van der Waals surface area contributed by atoms with E-state index in [9.17, 15) is 9.59 Å². The quantitative estimate of drug-likeness (QED) is 0.517. The van der Waals surface area contributed by atoms with Crippen molar-refractivity contribution in [3.8, 4) is 0 Å². The molecule has 2 aromatic carbocycles. The smallest absolute Gasteiger partial charge is 0.272 e. The van der Waals surface area contributed by atoms with Gasteiger partial charge in [-0.3, -0.25) is 9.59 Å². The number of anilines is 1. The van der Waals surface area contributed by atoms with Crippen LogP contribution in [0.2, 0.25) is 0 Å². The summed E-state index contributed by atoms with van der Waals surface area (Å²) in [7, 11) is 0. The van der Waals surface area contributed by atoms with Gasteiger partial charge in [0.25, 0.3) is 11.8 Å². The fourth-order valence-corrected chi connectivity index (χ4v) is 3.48. The highest BCUT2D eigenvalue weighted by Crippen LogP contribution is 2.22. The van der Waals surface area contributed by atoms with Gasteiger partial charge in [0.2, 0.25) is 0 Å². The molecule has 0 aliphatic rings. The number of amides is 2. The molecule has 0 radical (unpaired) electrons. The average molecular weight is 419 g/mol. The summed E-state index contributed by atoms with van der Waals surface area (Å²) >= 11 is 1.50. The minimum Gasteiger partial charge on any atom is -0.321 e. The van der Waals surface area contributed by atoms with Crippen LogP contribution in [0.5, 0.6) is 0 Å². The highest BCUT2D eigenvalue weighted by atomic mass is 32.1. The van der Waals surface area contributed by atoms with E-state index in [-0.39, 0.29) is 22.9 Å². The lowest BCUT2D eigenvalue weighted by atomic mass is 9.87. The molecular formula is C25H26N2O2S. The Balaban J connectivity index is 1.81. The van der Waals surface area contributed by atoms with E-state index in [1.54, 1.807) is 18.2 Å². The molecule has 2 N–H and O–H groups in total. The summed E-state index contributed by atoms with van der Waals surface area (Å²) < 4.78 is 0. The third-order valence-corrected chi connectivity index (χ3v) is 5.46. The number of nitrogens with one attached hydrogen (secondary N) is 2. The van der Waals surface area contributed by atoms with Crippen molar-refractivity contribution in [1.29, 1.82) is 0 Å². The van der Waals surface area contributed by atoms with Crippen LogP contribution in [0.1, 0.15) is 47.1 Å². The molecule has 0 unspecified atom stereocenters. The Kier molecular flexibility index (Phi) is 6.53. The van der Waals surface area contributed by atoms with Crippen molar-refractivity contribution >= 4 is 34.9 Å². The third kappa shape index (κ3) is 5.67. The first kappa shape index (κ1) is 21.5.